The Kier molecular flexibility index (Phi) is 6.76. The van der Waals surface area contributed by atoms with Gasteiger partial charge in [-0.05, 0) is 69.0 Å². The lowest BCUT2D eigenvalue weighted by atomic mass is 9.71. The van der Waals surface area contributed by atoms with Crippen molar-refractivity contribution in [1.82, 2.24) is 5.32 Å². The van der Waals surface area contributed by atoms with Crippen molar-refractivity contribution >= 4 is 0 Å². The van der Waals surface area contributed by atoms with Crippen molar-refractivity contribution in [3.05, 3.63) is 35.4 Å². The van der Waals surface area contributed by atoms with Gasteiger partial charge in [-0.2, -0.15) is 0 Å². The molecule has 1 aliphatic rings. The van der Waals surface area contributed by atoms with Gasteiger partial charge >= 0.3 is 0 Å². The molecule has 0 saturated heterocycles. The van der Waals surface area contributed by atoms with E-state index in [4.69, 9.17) is 0 Å². The fourth-order valence-electron chi connectivity index (χ4n) is 3.80. The monoisotopic (exact) mass is 287 g/mol. The second-order valence-electron chi connectivity index (χ2n) is 7.00. The third-order valence-electron chi connectivity index (χ3n) is 5.28. The Hall–Kier alpha value is -0.820. The van der Waals surface area contributed by atoms with Crippen LogP contribution >= 0.6 is 0 Å². The van der Waals surface area contributed by atoms with Crippen molar-refractivity contribution in [1.29, 1.82) is 0 Å². The molecular formula is C20H33N. The number of hydrogen-bond donors (Lipinski definition) is 1. The van der Waals surface area contributed by atoms with Gasteiger partial charge in [0.1, 0.15) is 0 Å². The maximum atomic E-state index is 3.66. The molecule has 3 unspecified atom stereocenters. The van der Waals surface area contributed by atoms with Crippen LogP contribution in [0.4, 0.5) is 0 Å². The van der Waals surface area contributed by atoms with Crippen LogP contribution in [0.1, 0.15) is 57.1 Å². The predicted molar refractivity (Wildman–Crippen MR) is 92.7 cm³/mol. The number of rotatable bonds is 7. The van der Waals surface area contributed by atoms with Crippen LogP contribution in [0.2, 0.25) is 0 Å². The largest absolute Gasteiger partial charge is 0.316 e. The molecule has 1 aromatic rings. The minimum Gasteiger partial charge on any atom is -0.316 e. The third-order valence-corrected chi connectivity index (χ3v) is 5.28. The van der Waals surface area contributed by atoms with Gasteiger partial charge < -0.3 is 5.32 Å². The fourth-order valence-corrected chi connectivity index (χ4v) is 3.80. The van der Waals surface area contributed by atoms with Gasteiger partial charge in [-0.15, -0.1) is 0 Å². The maximum Gasteiger partial charge on any atom is -0.00178 e. The van der Waals surface area contributed by atoms with E-state index in [9.17, 15) is 0 Å². The number of hydrogen-bond acceptors (Lipinski definition) is 1. The fraction of sp³-hybridized carbons (Fsp3) is 0.700. The standard InChI is InChI=1S/C20H33N/c1-4-12-21-15-19-11-10-17(5-2)13-20(19)14-18-8-6-16(3)7-9-18/h6-9,17,19-21H,4-5,10-15H2,1-3H3. The SMILES string of the molecule is CCCNCC1CCC(CC)CC1Cc1ccc(C)cc1. The van der Waals surface area contributed by atoms with Gasteiger partial charge in [0.2, 0.25) is 0 Å². The van der Waals surface area contributed by atoms with Crippen LogP contribution < -0.4 is 5.32 Å². The van der Waals surface area contributed by atoms with Crippen molar-refractivity contribution in [2.24, 2.45) is 17.8 Å². The molecule has 0 aromatic heterocycles. The highest BCUT2D eigenvalue weighted by Crippen LogP contribution is 2.37. The lowest BCUT2D eigenvalue weighted by molar-refractivity contribution is 0.171. The number of benzene rings is 1. The van der Waals surface area contributed by atoms with Gasteiger partial charge in [-0.3, -0.25) is 0 Å². The zero-order valence-corrected chi connectivity index (χ0v) is 14.2. The Balaban J connectivity index is 1.96. The third kappa shape index (κ3) is 5.14. The van der Waals surface area contributed by atoms with E-state index in [1.54, 1.807) is 0 Å². The summed E-state index contributed by atoms with van der Waals surface area (Å²) in [4.78, 5) is 0. The van der Waals surface area contributed by atoms with Gasteiger partial charge in [0.05, 0.1) is 0 Å². The molecule has 1 saturated carbocycles. The van der Waals surface area contributed by atoms with Crippen LogP contribution in [0, 0.1) is 24.7 Å². The molecule has 1 nitrogen and oxygen atoms in total. The summed E-state index contributed by atoms with van der Waals surface area (Å²) in [6.45, 7) is 9.19. The van der Waals surface area contributed by atoms with Crippen LogP contribution in [0.3, 0.4) is 0 Å². The van der Waals surface area contributed by atoms with Gasteiger partial charge in [0.15, 0.2) is 0 Å². The van der Waals surface area contributed by atoms with Crippen LogP contribution in [0.5, 0.6) is 0 Å². The summed E-state index contributed by atoms with van der Waals surface area (Å²) in [6, 6.07) is 9.20. The normalized spacial score (nSPS) is 26.0. The molecule has 0 amide bonds. The first kappa shape index (κ1) is 16.5. The zero-order chi connectivity index (χ0) is 15.1. The predicted octanol–water partition coefficient (Wildman–Crippen LogP) is 4.98. The van der Waals surface area contributed by atoms with E-state index < -0.39 is 0 Å². The summed E-state index contributed by atoms with van der Waals surface area (Å²) in [5, 5.41) is 3.66. The van der Waals surface area contributed by atoms with E-state index in [2.05, 4.69) is 50.4 Å². The molecule has 0 heterocycles. The highest BCUT2D eigenvalue weighted by atomic mass is 14.9. The second kappa shape index (κ2) is 8.58. The Morgan fingerprint density at radius 1 is 1.05 bits per heavy atom. The molecular weight excluding hydrogens is 254 g/mol. The number of aryl methyl sites for hydroxylation is 1. The molecule has 3 atom stereocenters. The topological polar surface area (TPSA) is 12.0 Å². The quantitative estimate of drug-likeness (QED) is 0.697. The first-order valence-electron chi connectivity index (χ1n) is 8.99. The lowest BCUT2D eigenvalue weighted by Crippen LogP contribution is -2.34. The van der Waals surface area contributed by atoms with E-state index in [1.807, 2.05) is 0 Å². The Morgan fingerprint density at radius 2 is 1.81 bits per heavy atom. The second-order valence-corrected chi connectivity index (χ2v) is 7.00. The molecule has 0 radical (unpaired) electrons. The van der Waals surface area contributed by atoms with Crippen molar-refractivity contribution in [2.75, 3.05) is 13.1 Å². The highest BCUT2D eigenvalue weighted by Gasteiger charge is 2.29. The van der Waals surface area contributed by atoms with Gasteiger partial charge in [-0.1, -0.05) is 56.5 Å². The summed E-state index contributed by atoms with van der Waals surface area (Å²) >= 11 is 0. The summed E-state index contributed by atoms with van der Waals surface area (Å²) in [5.74, 6) is 2.71. The molecule has 0 bridgehead atoms. The van der Waals surface area contributed by atoms with Gasteiger partial charge in [-0.25, -0.2) is 0 Å². The molecule has 1 aliphatic carbocycles. The van der Waals surface area contributed by atoms with E-state index in [-0.39, 0.29) is 0 Å². The summed E-state index contributed by atoms with van der Waals surface area (Å²) < 4.78 is 0. The summed E-state index contributed by atoms with van der Waals surface area (Å²) in [5.41, 5.74) is 2.90. The van der Waals surface area contributed by atoms with Gasteiger partial charge in [0.25, 0.3) is 0 Å². The molecule has 21 heavy (non-hydrogen) atoms. The van der Waals surface area contributed by atoms with Crippen molar-refractivity contribution in [2.45, 2.75) is 59.3 Å². The summed E-state index contributed by atoms with van der Waals surface area (Å²) in [7, 11) is 0. The smallest absolute Gasteiger partial charge is 0.00178 e. The van der Waals surface area contributed by atoms with Crippen LogP contribution in [0.25, 0.3) is 0 Å². The minimum absolute atomic E-state index is 0.871. The Labute approximate surface area is 131 Å². The molecule has 0 aliphatic heterocycles. The van der Waals surface area contributed by atoms with Gasteiger partial charge in [0, 0.05) is 0 Å². The average Bonchev–Trinajstić information content (AvgIpc) is 2.51. The number of nitrogens with one attached hydrogen (secondary N) is 1. The van der Waals surface area contributed by atoms with E-state index >= 15 is 0 Å². The van der Waals surface area contributed by atoms with Crippen LogP contribution in [0.15, 0.2) is 24.3 Å². The van der Waals surface area contributed by atoms with Crippen molar-refractivity contribution in [3.8, 4) is 0 Å². The molecule has 1 N–H and O–H groups in total. The molecule has 1 heteroatoms. The molecule has 0 spiro atoms. The highest BCUT2D eigenvalue weighted by molar-refractivity contribution is 5.21. The Bertz CT molecular complexity index is 393. The Morgan fingerprint density at radius 3 is 2.48 bits per heavy atom. The molecule has 1 aromatic carbocycles. The van der Waals surface area contributed by atoms with E-state index in [0.29, 0.717) is 0 Å². The van der Waals surface area contributed by atoms with Crippen molar-refractivity contribution in [3.63, 3.8) is 0 Å². The molecule has 2 rings (SSSR count). The van der Waals surface area contributed by atoms with Crippen LogP contribution in [-0.2, 0) is 6.42 Å². The molecule has 1 fully saturated rings. The first-order valence-corrected chi connectivity index (χ1v) is 8.99. The van der Waals surface area contributed by atoms with E-state index in [0.717, 1.165) is 17.8 Å². The average molecular weight is 287 g/mol. The lowest BCUT2D eigenvalue weighted by Gasteiger charge is -2.36. The summed E-state index contributed by atoms with van der Waals surface area (Å²) in [6.07, 6.45) is 8.18. The zero-order valence-electron chi connectivity index (χ0n) is 14.2. The maximum absolute atomic E-state index is 3.66. The van der Waals surface area contributed by atoms with E-state index in [1.165, 1.54) is 62.7 Å². The molecule has 118 valence electrons. The first-order chi connectivity index (χ1) is 10.2. The van der Waals surface area contributed by atoms with Crippen molar-refractivity contribution < 1.29 is 0 Å². The van der Waals surface area contributed by atoms with Crippen LogP contribution in [-0.4, -0.2) is 13.1 Å². The minimum atomic E-state index is 0.871.